The summed E-state index contributed by atoms with van der Waals surface area (Å²) in [7, 11) is 2.01. The van der Waals surface area contributed by atoms with Crippen molar-refractivity contribution in [1.82, 2.24) is 20.1 Å². The van der Waals surface area contributed by atoms with Crippen molar-refractivity contribution in [2.24, 2.45) is 5.92 Å². The van der Waals surface area contributed by atoms with Gasteiger partial charge in [-0.05, 0) is 37.6 Å². The van der Waals surface area contributed by atoms with Crippen molar-refractivity contribution < 1.29 is 0 Å². The first-order chi connectivity index (χ1) is 6.90. The van der Waals surface area contributed by atoms with E-state index < -0.39 is 0 Å². The lowest BCUT2D eigenvalue weighted by molar-refractivity contribution is 0.402. The fourth-order valence-electron chi connectivity index (χ4n) is 1.94. The Balaban J connectivity index is 1.94. The van der Waals surface area contributed by atoms with Crippen molar-refractivity contribution in [3.05, 3.63) is 0 Å². The fourth-order valence-corrected chi connectivity index (χ4v) is 2.45. The molecule has 1 aromatic rings. The van der Waals surface area contributed by atoms with Gasteiger partial charge in [-0.1, -0.05) is 9.59 Å². The lowest BCUT2D eigenvalue weighted by Gasteiger charge is -2.31. The van der Waals surface area contributed by atoms with Gasteiger partial charge in [0.05, 0.1) is 0 Å². The summed E-state index contributed by atoms with van der Waals surface area (Å²) in [6.45, 7) is 3.26. The van der Waals surface area contributed by atoms with Gasteiger partial charge in [0, 0.05) is 24.6 Å². The molecular formula is C8H15N5S. The van der Waals surface area contributed by atoms with E-state index in [0.29, 0.717) is 0 Å². The molecule has 1 aliphatic heterocycles. The molecule has 78 valence electrons. The van der Waals surface area contributed by atoms with E-state index in [1.165, 1.54) is 24.4 Å². The molecule has 1 saturated heterocycles. The van der Waals surface area contributed by atoms with Gasteiger partial charge in [0.2, 0.25) is 5.13 Å². The van der Waals surface area contributed by atoms with Crippen LogP contribution in [0.25, 0.3) is 0 Å². The summed E-state index contributed by atoms with van der Waals surface area (Å²) in [5, 5.41) is 11.8. The topological polar surface area (TPSA) is 53.9 Å². The predicted molar refractivity (Wildman–Crippen MR) is 56.6 cm³/mol. The predicted octanol–water partition coefficient (Wildman–Crippen LogP) is 0.369. The summed E-state index contributed by atoms with van der Waals surface area (Å²) in [5.74, 6) is 0.734. The van der Waals surface area contributed by atoms with Crippen LogP contribution in [0.2, 0.25) is 0 Å². The highest BCUT2D eigenvalue weighted by Gasteiger charge is 2.21. The largest absolute Gasteiger partial charge is 0.345 e. The number of piperidine rings is 1. The maximum Gasteiger partial charge on any atom is 0.227 e. The molecule has 0 radical (unpaired) electrons. The number of hydrogen-bond donors (Lipinski definition) is 1. The van der Waals surface area contributed by atoms with Gasteiger partial charge in [-0.3, -0.25) is 0 Å². The number of nitrogens with zero attached hydrogens (tertiary/aromatic N) is 4. The van der Waals surface area contributed by atoms with Crippen LogP contribution in [0.4, 0.5) is 5.13 Å². The maximum atomic E-state index is 4.00. The van der Waals surface area contributed by atoms with Crippen LogP contribution in [0, 0.1) is 5.92 Å². The molecule has 6 heteroatoms. The van der Waals surface area contributed by atoms with Crippen molar-refractivity contribution >= 4 is 16.7 Å². The molecule has 1 atom stereocenters. The summed E-state index contributed by atoms with van der Waals surface area (Å²) >= 11 is 1.38. The smallest absolute Gasteiger partial charge is 0.227 e. The number of nitrogens with one attached hydrogen (secondary N) is 1. The summed E-state index contributed by atoms with van der Waals surface area (Å²) in [4.78, 5) is 2.29. The second-order valence-electron chi connectivity index (χ2n) is 3.66. The zero-order valence-electron chi connectivity index (χ0n) is 8.31. The molecule has 1 unspecified atom stereocenters. The zero-order valence-corrected chi connectivity index (χ0v) is 9.13. The molecule has 2 rings (SSSR count). The highest BCUT2D eigenvalue weighted by molar-refractivity contribution is 7.09. The first-order valence-electron chi connectivity index (χ1n) is 4.94. The number of aromatic nitrogens is 3. The Morgan fingerprint density at radius 1 is 1.64 bits per heavy atom. The van der Waals surface area contributed by atoms with E-state index in [9.17, 15) is 0 Å². The van der Waals surface area contributed by atoms with Crippen molar-refractivity contribution in [3.63, 3.8) is 0 Å². The lowest BCUT2D eigenvalue weighted by Crippen LogP contribution is -2.39. The van der Waals surface area contributed by atoms with E-state index in [0.717, 1.165) is 30.7 Å². The van der Waals surface area contributed by atoms with Crippen LogP contribution in [0.5, 0.6) is 0 Å². The summed E-state index contributed by atoms with van der Waals surface area (Å²) in [5.41, 5.74) is 0. The third kappa shape index (κ3) is 2.19. The van der Waals surface area contributed by atoms with Gasteiger partial charge in [-0.15, -0.1) is 0 Å². The average molecular weight is 213 g/mol. The van der Waals surface area contributed by atoms with Gasteiger partial charge in [0.25, 0.3) is 0 Å². The summed E-state index contributed by atoms with van der Waals surface area (Å²) in [6.07, 6.45) is 2.55. The standard InChI is InChI=1S/C8H15N5S/c1-9-5-7-3-2-4-13(6-7)8-10-11-12-14-8/h7,9H,2-6H2,1H3. The highest BCUT2D eigenvalue weighted by atomic mass is 32.1. The van der Waals surface area contributed by atoms with Gasteiger partial charge >= 0.3 is 0 Å². The van der Waals surface area contributed by atoms with Gasteiger partial charge in [0.1, 0.15) is 0 Å². The van der Waals surface area contributed by atoms with E-state index in [-0.39, 0.29) is 0 Å². The highest BCUT2D eigenvalue weighted by Crippen LogP contribution is 2.22. The van der Waals surface area contributed by atoms with Crippen LogP contribution in [0.3, 0.4) is 0 Å². The summed E-state index contributed by atoms with van der Waals surface area (Å²) in [6, 6.07) is 0. The molecule has 1 fully saturated rings. The van der Waals surface area contributed by atoms with Crippen LogP contribution >= 0.6 is 11.5 Å². The van der Waals surface area contributed by atoms with Gasteiger partial charge in [-0.25, -0.2) is 0 Å². The fraction of sp³-hybridized carbons (Fsp3) is 0.875. The third-order valence-corrected chi connectivity index (χ3v) is 3.23. The molecule has 1 aliphatic rings. The Kier molecular flexibility index (Phi) is 3.26. The van der Waals surface area contributed by atoms with Crippen LogP contribution in [0.15, 0.2) is 0 Å². The first kappa shape index (κ1) is 9.79. The lowest BCUT2D eigenvalue weighted by atomic mass is 9.98. The Bertz CT molecular complexity index is 261. The van der Waals surface area contributed by atoms with Crippen molar-refractivity contribution in [3.8, 4) is 0 Å². The monoisotopic (exact) mass is 213 g/mol. The molecule has 5 nitrogen and oxygen atoms in total. The minimum Gasteiger partial charge on any atom is -0.345 e. The normalized spacial score (nSPS) is 22.6. The van der Waals surface area contributed by atoms with Crippen molar-refractivity contribution in [1.29, 1.82) is 0 Å². The van der Waals surface area contributed by atoms with E-state index >= 15 is 0 Å². The van der Waals surface area contributed by atoms with E-state index in [1.54, 1.807) is 0 Å². The summed E-state index contributed by atoms with van der Waals surface area (Å²) < 4.78 is 3.79. The second-order valence-corrected chi connectivity index (χ2v) is 4.37. The zero-order chi connectivity index (χ0) is 9.80. The molecule has 0 aliphatic carbocycles. The van der Waals surface area contributed by atoms with Crippen LogP contribution < -0.4 is 10.2 Å². The van der Waals surface area contributed by atoms with Crippen LogP contribution in [-0.2, 0) is 0 Å². The minimum absolute atomic E-state index is 0.734. The third-order valence-electron chi connectivity index (χ3n) is 2.57. The molecular weight excluding hydrogens is 198 g/mol. The van der Waals surface area contributed by atoms with E-state index in [1.807, 2.05) is 7.05 Å². The first-order valence-corrected chi connectivity index (χ1v) is 5.72. The number of hydrogen-bond acceptors (Lipinski definition) is 6. The van der Waals surface area contributed by atoms with Gasteiger partial charge in [-0.2, -0.15) is 0 Å². The average Bonchev–Trinajstić information content (AvgIpc) is 2.71. The molecule has 1 N–H and O–H groups in total. The molecule has 0 amide bonds. The Morgan fingerprint density at radius 2 is 2.57 bits per heavy atom. The van der Waals surface area contributed by atoms with Crippen molar-refractivity contribution in [2.75, 3.05) is 31.6 Å². The Morgan fingerprint density at radius 3 is 3.29 bits per heavy atom. The van der Waals surface area contributed by atoms with Gasteiger partial charge < -0.3 is 10.2 Å². The quantitative estimate of drug-likeness (QED) is 0.786. The minimum atomic E-state index is 0.734. The molecule has 2 heterocycles. The van der Waals surface area contributed by atoms with Crippen molar-refractivity contribution in [2.45, 2.75) is 12.8 Å². The number of anilines is 1. The number of rotatable bonds is 3. The van der Waals surface area contributed by atoms with Crippen LogP contribution in [0.1, 0.15) is 12.8 Å². The Hall–Kier alpha value is -0.750. The molecule has 0 saturated carbocycles. The Labute approximate surface area is 87.7 Å². The van der Waals surface area contributed by atoms with E-state index in [2.05, 4.69) is 25.0 Å². The molecule has 1 aromatic heterocycles. The molecule has 0 spiro atoms. The van der Waals surface area contributed by atoms with Crippen LogP contribution in [-0.4, -0.2) is 41.5 Å². The second kappa shape index (κ2) is 4.65. The SMILES string of the molecule is CNCC1CCCN(c2nnns2)C1. The van der Waals surface area contributed by atoms with E-state index in [4.69, 9.17) is 0 Å². The molecule has 14 heavy (non-hydrogen) atoms. The van der Waals surface area contributed by atoms with Gasteiger partial charge in [0.15, 0.2) is 0 Å². The molecule has 0 aromatic carbocycles. The molecule has 0 bridgehead atoms. The maximum absolute atomic E-state index is 4.00.